The highest BCUT2D eigenvalue weighted by molar-refractivity contribution is 5.38. The molecule has 1 fully saturated rings. The number of hydrogen-bond acceptors (Lipinski definition) is 6. The molecular formula is C21H26O6. The van der Waals surface area contributed by atoms with Crippen molar-refractivity contribution in [3.63, 3.8) is 0 Å². The SMILES string of the molecule is CCc1ccc(Cc2ccccc2O[C@@H]2[C@@H](O)[C@H](O)[C@@H](CO)O[C@H]2O)cc1. The van der Waals surface area contributed by atoms with Crippen LogP contribution in [0.5, 0.6) is 5.75 Å². The minimum Gasteiger partial charge on any atom is -0.482 e. The Morgan fingerprint density at radius 2 is 1.59 bits per heavy atom. The van der Waals surface area contributed by atoms with Gasteiger partial charge in [-0.1, -0.05) is 49.4 Å². The van der Waals surface area contributed by atoms with Crippen molar-refractivity contribution >= 4 is 0 Å². The predicted octanol–water partition coefficient (Wildman–Crippen LogP) is 1.02. The van der Waals surface area contributed by atoms with E-state index in [0.717, 1.165) is 17.5 Å². The van der Waals surface area contributed by atoms with Gasteiger partial charge in [-0.2, -0.15) is 0 Å². The van der Waals surface area contributed by atoms with Crippen LogP contribution in [0.15, 0.2) is 48.5 Å². The van der Waals surface area contributed by atoms with Gasteiger partial charge in [0.1, 0.15) is 24.1 Å². The highest BCUT2D eigenvalue weighted by Gasteiger charge is 2.45. The maximum atomic E-state index is 10.3. The molecule has 0 radical (unpaired) electrons. The third-order valence-corrected chi connectivity index (χ3v) is 4.90. The number of aliphatic hydroxyl groups excluding tert-OH is 4. The lowest BCUT2D eigenvalue weighted by Crippen LogP contribution is -2.60. The van der Waals surface area contributed by atoms with Gasteiger partial charge in [-0.25, -0.2) is 0 Å². The zero-order valence-corrected chi connectivity index (χ0v) is 15.2. The number of aliphatic hydroxyl groups is 4. The quantitative estimate of drug-likeness (QED) is 0.603. The maximum absolute atomic E-state index is 10.3. The highest BCUT2D eigenvalue weighted by Crippen LogP contribution is 2.28. The van der Waals surface area contributed by atoms with Crippen LogP contribution in [0.2, 0.25) is 0 Å². The molecule has 1 aliphatic rings. The zero-order chi connectivity index (χ0) is 19.4. The van der Waals surface area contributed by atoms with E-state index < -0.39 is 37.3 Å². The minimum absolute atomic E-state index is 0.499. The number of hydrogen-bond donors (Lipinski definition) is 4. The van der Waals surface area contributed by atoms with Crippen LogP contribution in [0, 0.1) is 0 Å². The third-order valence-electron chi connectivity index (χ3n) is 4.90. The lowest BCUT2D eigenvalue weighted by atomic mass is 9.98. The van der Waals surface area contributed by atoms with Crippen molar-refractivity contribution in [3.05, 3.63) is 65.2 Å². The Kier molecular flexibility index (Phi) is 6.46. The molecule has 6 heteroatoms. The molecule has 2 aromatic carbocycles. The Labute approximate surface area is 158 Å². The fourth-order valence-electron chi connectivity index (χ4n) is 3.22. The molecule has 0 aromatic heterocycles. The Morgan fingerprint density at radius 3 is 2.26 bits per heavy atom. The molecule has 6 nitrogen and oxygen atoms in total. The van der Waals surface area contributed by atoms with Gasteiger partial charge in [0.25, 0.3) is 0 Å². The molecule has 0 aliphatic carbocycles. The number of rotatable bonds is 6. The largest absolute Gasteiger partial charge is 0.482 e. The normalized spacial score (nSPS) is 28.1. The van der Waals surface area contributed by atoms with Gasteiger partial charge in [0.2, 0.25) is 0 Å². The van der Waals surface area contributed by atoms with Gasteiger partial charge in [-0.15, -0.1) is 0 Å². The molecule has 2 aromatic rings. The third kappa shape index (κ3) is 4.48. The lowest BCUT2D eigenvalue weighted by Gasteiger charge is -2.40. The second-order valence-electron chi connectivity index (χ2n) is 6.77. The number of aryl methyl sites for hydroxylation is 1. The summed E-state index contributed by atoms with van der Waals surface area (Å²) in [5, 5.41) is 39.6. The van der Waals surface area contributed by atoms with Crippen molar-refractivity contribution in [2.45, 2.75) is 50.5 Å². The van der Waals surface area contributed by atoms with Crippen molar-refractivity contribution in [2.75, 3.05) is 6.61 Å². The van der Waals surface area contributed by atoms with E-state index in [1.165, 1.54) is 5.56 Å². The van der Waals surface area contributed by atoms with Crippen molar-refractivity contribution in [2.24, 2.45) is 0 Å². The number of ether oxygens (including phenoxy) is 2. The lowest BCUT2D eigenvalue weighted by molar-refractivity contribution is -0.280. The van der Waals surface area contributed by atoms with Crippen molar-refractivity contribution in [1.82, 2.24) is 0 Å². The van der Waals surface area contributed by atoms with Crippen molar-refractivity contribution in [3.8, 4) is 5.75 Å². The molecule has 0 bridgehead atoms. The van der Waals surface area contributed by atoms with Gasteiger partial charge >= 0.3 is 0 Å². The molecular weight excluding hydrogens is 348 g/mol. The van der Waals surface area contributed by atoms with E-state index in [-0.39, 0.29) is 0 Å². The van der Waals surface area contributed by atoms with E-state index in [9.17, 15) is 20.4 Å². The summed E-state index contributed by atoms with van der Waals surface area (Å²) in [6.45, 7) is 1.60. The first-order valence-corrected chi connectivity index (χ1v) is 9.16. The summed E-state index contributed by atoms with van der Waals surface area (Å²) in [6.07, 6.45) is -4.80. The molecule has 0 saturated carbocycles. The summed E-state index contributed by atoms with van der Waals surface area (Å²) in [5.41, 5.74) is 3.27. The summed E-state index contributed by atoms with van der Waals surface area (Å²) >= 11 is 0. The second kappa shape index (κ2) is 8.82. The fraction of sp³-hybridized carbons (Fsp3) is 0.429. The van der Waals surface area contributed by atoms with Crippen molar-refractivity contribution < 1.29 is 29.9 Å². The summed E-state index contributed by atoms with van der Waals surface area (Å²) in [4.78, 5) is 0. The van der Waals surface area contributed by atoms with E-state index in [1.54, 1.807) is 12.1 Å². The van der Waals surface area contributed by atoms with Crippen LogP contribution in [0.1, 0.15) is 23.6 Å². The van der Waals surface area contributed by atoms with Crippen LogP contribution in [0.3, 0.4) is 0 Å². The van der Waals surface area contributed by atoms with Gasteiger partial charge < -0.3 is 29.9 Å². The van der Waals surface area contributed by atoms with Gasteiger partial charge in [0, 0.05) is 6.42 Å². The number of para-hydroxylation sites is 1. The molecule has 146 valence electrons. The van der Waals surface area contributed by atoms with Gasteiger partial charge in [-0.3, -0.25) is 0 Å². The van der Waals surface area contributed by atoms with Crippen LogP contribution in [0.25, 0.3) is 0 Å². The topological polar surface area (TPSA) is 99.4 Å². The van der Waals surface area contributed by atoms with E-state index in [2.05, 4.69) is 31.2 Å². The van der Waals surface area contributed by atoms with Crippen LogP contribution >= 0.6 is 0 Å². The molecule has 0 amide bonds. The summed E-state index contributed by atoms with van der Waals surface area (Å²) in [5.74, 6) is 0.499. The van der Waals surface area contributed by atoms with Gasteiger partial charge in [-0.05, 0) is 29.2 Å². The average Bonchev–Trinajstić information content (AvgIpc) is 2.69. The first-order valence-electron chi connectivity index (χ1n) is 9.16. The second-order valence-corrected chi connectivity index (χ2v) is 6.77. The Balaban J connectivity index is 1.77. The summed E-state index contributed by atoms with van der Waals surface area (Å²) in [7, 11) is 0. The molecule has 3 rings (SSSR count). The molecule has 1 heterocycles. The monoisotopic (exact) mass is 374 g/mol. The minimum atomic E-state index is -1.46. The molecule has 0 spiro atoms. The van der Waals surface area contributed by atoms with E-state index in [0.29, 0.717) is 12.2 Å². The molecule has 0 unspecified atom stereocenters. The Morgan fingerprint density at radius 1 is 0.926 bits per heavy atom. The predicted molar refractivity (Wildman–Crippen MR) is 99.5 cm³/mol. The first kappa shape index (κ1) is 19.8. The molecule has 4 N–H and O–H groups in total. The summed E-state index contributed by atoms with van der Waals surface area (Å²) < 4.78 is 11.0. The molecule has 1 aliphatic heterocycles. The van der Waals surface area contributed by atoms with E-state index >= 15 is 0 Å². The Bertz CT molecular complexity index is 732. The average molecular weight is 374 g/mol. The Hall–Kier alpha value is -1.96. The standard InChI is InChI=1S/C21H26O6/c1-2-13-7-9-14(10-8-13)11-15-5-3-4-6-16(15)26-20-19(24)18(23)17(12-22)27-21(20)25/h3-10,17-25H,2,11-12H2,1H3/t17-,18-,19+,20-,21-/m1/s1. The summed E-state index contributed by atoms with van der Waals surface area (Å²) in [6, 6.07) is 15.7. The van der Waals surface area contributed by atoms with Crippen LogP contribution in [0.4, 0.5) is 0 Å². The van der Waals surface area contributed by atoms with Crippen LogP contribution in [-0.2, 0) is 17.6 Å². The van der Waals surface area contributed by atoms with Crippen molar-refractivity contribution in [1.29, 1.82) is 0 Å². The smallest absolute Gasteiger partial charge is 0.195 e. The maximum Gasteiger partial charge on any atom is 0.195 e. The van der Waals surface area contributed by atoms with E-state index in [4.69, 9.17) is 9.47 Å². The van der Waals surface area contributed by atoms with Gasteiger partial charge in [0.05, 0.1) is 6.61 Å². The first-order chi connectivity index (χ1) is 13.0. The molecule has 27 heavy (non-hydrogen) atoms. The fourth-order valence-corrected chi connectivity index (χ4v) is 3.22. The van der Waals surface area contributed by atoms with E-state index in [1.807, 2.05) is 12.1 Å². The zero-order valence-electron chi connectivity index (χ0n) is 15.2. The van der Waals surface area contributed by atoms with Crippen LogP contribution < -0.4 is 4.74 Å². The van der Waals surface area contributed by atoms with Gasteiger partial charge in [0.15, 0.2) is 12.4 Å². The van der Waals surface area contributed by atoms with Crippen LogP contribution in [-0.4, -0.2) is 57.7 Å². The highest BCUT2D eigenvalue weighted by atomic mass is 16.7. The molecule has 1 saturated heterocycles. The molecule has 5 atom stereocenters. The number of benzene rings is 2.